The van der Waals surface area contributed by atoms with Crippen molar-refractivity contribution >= 4 is 15.9 Å². The lowest BCUT2D eigenvalue weighted by Crippen LogP contribution is -2.44. The number of morpholine rings is 1. The average Bonchev–Trinajstić information content (AvgIpc) is 3.16. The predicted molar refractivity (Wildman–Crippen MR) is 119 cm³/mol. The number of aryl methyl sites for hydroxylation is 2. The van der Waals surface area contributed by atoms with Crippen molar-refractivity contribution < 1.29 is 22.3 Å². The maximum atomic E-state index is 13.5. The summed E-state index contributed by atoms with van der Waals surface area (Å²) in [4.78, 5) is 15.4. The summed E-state index contributed by atoms with van der Waals surface area (Å²) in [5.74, 6) is -0.881. The van der Waals surface area contributed by atoms with Crippen molar-refractivity contribution in [2.75, 3.05) is 26.3 Å². The van der Waals surface area contributed by atoms with Gasteiger partial charge >= 0.3 is 0 Å². The van der Waals surface area contributed by atoms with Crippen molar-refractivity contribution in [1.29, 1.82) is 0 Å². The number of hydrogen-bond donors (Lipinski definition) is 1. The first-order valence-electron chi connectivity index (χ1n) is 11.0. The molecule has 1 N–H and O–H groups in total. The molecule has 0 radical (unpaired) electrons. The molecule has 2 fully saturated rings. The number of hydrogen-bond acceptors (Lipinski definition) is 4. The molecule has 1 saturated heterocycles. The lowest BCUT2D eigenvalue weighted by Gasteiger charge is -2.31. The molecular weight excluding hydrogens is 431 g/mol. The highest BCUT2D eigenvalue weighted by molar-refractivity contribution is 7.89. The number of benzene rings is 2. The molecule has 2 aliphatic rings. The third-order valence-electron chi connectivity index (χ3n) is 6.33. The van der Waals surface area contributed by atoms with E-state index in [1.54, 1.807) is 29.2 Å². The van der Waals surface area contributed by atoms with Gasteiger partial charge in [0.2, 0.25) is 15.9 Å². The van der Waals surface area contributed by atoms with E-state index >= 15 is 0 Å². The van der Waals surface area contributed by atoms with E-state index < -0.39 is 10.0 Å². The Balaban J connectivity index is 1.58. The standard InChI is InChI=1S/C24H29FN2O4S/c1-16-11-17(2)13-21(12-16)32(29,30)26-20-14-22(18-3-5-19(25)6-4-18)23(15-20)24(28)27-7-9-31-10-8-27/h3-6,11-13,20,22-23,26H,7-10,14-15H2,1-2H3/t20-,22+,23-/m0/s1. The molecule has 0 bridgehead atoms. The average molecular weight is 461 g/mol. The zero-order chi connectivity index (χ0) is 22.9. The first kappa shape index (κ1) is 22.9. The second-order valence-electron chi connectivity index (χ2n) is 8.82. The summed E-state index contributed by atoms with van der Waals surface area (Å²) in [6.07, 6.45) is 0.888. The molecule has 0 spiro atoms. The van der Waals surface area contributed by atoms with Gasteiger partial charge in [-0.15, -0.1) is 0 Å². The van der Waals surface area contributed by atoms with Crippen LogP contribution >= 0.6 is 0 Å². The Morgan fingerprint density at radius 3 is 2.28 bits per heavy atom. The largest absolute Gasteiger partial charge is 0.378 e. The maximum absolute atomic E-state index is 13.5. The highest BCUT2D eigenvalue weighted by Crippen LogP contribution is 2.41. The van der Waals surface area contributed by atoms with Crippen molar-refractivity contribution in [3.63, 3.8) is 0 Å². The lowest BCUT2D eigenvalue weighted by atomic mass is 9.88. The van der Waals surface area contributed by atoms with Crippen molar-refractivity contribution in [1.82, 2.24) is 9.62 Å². The first-order chi connectivity index (χ1) is 15.2. The van der Waals surface area contributed by atoms with E-state index in [-0.39, 0.29) is 34.5 Å². The van der Waals surface area contributed by atoms with Gasteiger partial charge in [0, 0.05) is 25.0 Å². The van der Waals surface area contributed by atoms with Crippen LogP contribution in [0.4, 0.5) is 4.39 Å². The quantitative estimate of drug-likeness (QED) is 0.744. The highest BCUT2D eigenvalue weighted by Gasteiger charge is 2.42. The fraction of sp³-hybridized carbons (Fsp3) is 0.458. The van der Waals surface area contributed by atoms with Crippen molar-refractivity contribution in [2.45, 2.75) is 43.5 Å². The number of rotatable bonds is 5. The summed E-state index contributed by atoms with van der Waals surface area (Å²) >= 11 is 0. The van der Waals surface area contributed by atoms with Crippen molar-refractivity contribution in [2.24, 2.45) is 5.92 Å². The lowest BCUT2D eigenvalue weighted by molar-refractivity contribution is -0.140. The predicted octanol–water partition coefficient (Wildman–Crippen LogP) is 3.14. The van der Waals surface area contributed by atoms with Gasteiger partial charge in [-0.25, -0.2) is 17.5 Å². The number of carbonyl (C=O) groups excluding carboxylic acids is 1. The number of carbonyl (C=O) groups is 1. The Kier molecular flexibility index (Phi) is 6.65. The van der Waals surface area contributed by atoms with E-state index in [2.05, 4.69) is 4.72 Å². The summed E-state index contributed by atoms with van der Waals surface area (Å²) in [7, 11) is -3.73. The summed E-state index contributed by atoms with van der Waals surface area (Å²) in [5, 5.41) is 0. The Morgan fingerprint density at radius 2 is 1.66 bits per heavy atom. The highest BCUT2D eigenvalue weighted by atomic mass is 32.2. The smallest absolute Gasteiger partial charge is 0.240 e. The fourth-order valence-corrected chi connectivity index (χ4v) is 6.33. The molecular formula is C24H29FN2O4S. The topological polar surface area (TPSA) is 75.7 Å². The second-order valence-corrected chi connectivity index (χ2v) is 10.5. The first-order valence-corrected chi connectivity index (χ1v) is 12.4. The van der Waals surface area contributed by atoms with Crippen LogP contribution in [0.15, 0.2) is 47.4 Å². The number of nitrogens with zero attached hydrogens (tertiary/aromatic N) is 1. The van der Waals surface area contributed by atoms with Crippen LogP contribution in [0, 0.1) is 25.6 Å². The SMILES string of the molecule is Cc1cc(C)cc(S(=O)(=O)N[C@@H]2C[C@H](C(=O)N3CCOCC3)[C@@H](c3ccc(F)cc3)C2)c1. The molecule has 1 aliphatic carbocycles. The van der Waals surface area contributed by atoms with Crippen molar-refractivity contribution in [3.05, 3.63) is 65.0 Å². The van der Waals surface area contributed by atoms with Gasteiger partial charge in [0.1, 0.15) is 5.82 Å². The molecule has 1 saturated carbocycles. The van der Waals surface area contributed by atoms with Crippen LogP contribution in [0.25, 0.3) is 0 Å². The molecule has 2 aromatic rings. The zero-order valence-corrected chi connectivity index (χ0v) is 19.2. The summed E-state index contributed by atoms with van der Waals surface area (Å²) in [6, 6.07) is 11.0. The van der Waals surface area contributed by atoms with Crippen molar-refractivity contribution in [3.8, 4) is 0 Å². The molecule has 4 rings (SSSR count). The molecule has 1 aliphatic heterocycles. The van der Waals surface area contributed by atoms with Gasteiger partial charge < -0.3 is 9.64 Å². The molecule has 6 nitrogen and oxygen atoms in total. The Morgan fingerprint density at radius 1 is 1.03 bits per heavy atom. The molecule has 32 heavy (non-hydrogen) atoms. The zero-order valence-electron chi connectivity index (χ0n) is 18.4. The van der Waals surface area contributed by atoms with Gasteiger partial charge in [0.05, 0.1) is 18.1 Å². The normalized spacial score (nSPS) is 24.0. The van der Waals surface area contributed by atoms with Crippen LogP contribution < -0.4 is 4.72 Å². The van der Waals surface area contributed by atoms with Crippen LogP contribution in [-0.4, -0.2) is 51.6 Å². The van der Waals surface area contributed by atoms with Gasteiger partial charge in [-0.3, -0.25) is 4.79 Å². The molecule has 1 heterocycles. The van der Waals surface area contributed by atoms with Crippen LogP contribution in [0.5, 0.6) is 0 Å². The monoisotopic (exact) mass is 460 g/mol. The van der Waals surface area contributed by atoms with E-state index in [4.69, 9.17) is 4.74 Å². The maximum Gasteiger partial charge on any atom is 0.240 e. The Bertz CT molecular complexity index is 1060. The third-order valence-corrected chi connectivity index (χ3v) is 7.83. The number of amides is 1. The summed E-state index contributed by atoms with van der Waals surface area (Å²) in [5.41, 5.74) is 2.61. The molecule has 0 unspecified atom stereocenters. The van der Waals surface area contributed by atoms with E-state index in [1.165, 1.54) is 12.1 Å². The minimum atomic E-state index is -3.73. The van der Waals surface area contributed by atoms with Gasteiger partial charge in [0.15, 0.2) is 0 Å². The summed E-state index contributed by atoms with van der Waals surface area (Å²) in [6.45, 7) is 5.80. The van der Waals surface area contributed by atoms with Crippen LogP contribution in [0.1, 0.15) is 35.4 Å². The van der Waals surface area contributed by atoms with Crippen LogP contribution in [0.2, 0.25) is 0 Å². The van der Waals surface area contributed by atoms with E-state index in [0.717, 1.165) is 16.7 Å². The Hall–Kier alpha value is -2.29. The van der Waals surface area contributed by atoms with Gasteiger partial charge in [-0.2, -0.15) is 0 Å². The molecule has 3 atom stereocenters. The van der Waals surface area contributed by atoms with E-state index in [9.17, 15) is 17.6 Å². The van der Waals surface area contributed by atoms with E-state index in [1.807, 2.05) is 19.9 Å². The molecule has 172 valence electrons. The van der Waals surface area contributed by atoms with Crippen LogP contribution in [0.3, 0.4) is 0 Å². The number of ether oxygens (including phenoxy) is 1. The second kappa shape index (κ2) is 9.29. The summed E-state index contributed by atoms with van der Waals surface area (Å²) < 4.78 is 47.9. The number of halogens is 1. The number of sulfonamides is 1. The van der Waals surface area contributed by atoms with E-state index in [0.29, 0.717) is 39.1 Å². The van der Waals surface area contributed by atoms with Gasteiger partial charge in [0.25, 0.3) is 0 Å². The number of nitrogens with one attached hydrogen (secondary N) is 1. The third kappa shape index (κ3) is 5.03. The molecule has 0 aromatic heterocycles. The van der Waals surface area contributed by atoms with Gasteiger partial charge in [-0.05, 0) is 73.6 Å². The van der Waals surface area contributed by atoms with Gasteiger partial charge in [-0.1, -0.05) is 18.2 Å². The minimum absolute atomic E-state index is 0.00993. The van der Waals surface area contributed by atoms with Crippen LogP contribution in [-0.2, 0) is 19.6 Å². The molecule has 1 amide bonds. The minimum Gasteiger partial charge on any atom is -0.378 e. The fourth-order valence-electron chi connectivity index (χ4n) is 4.88. The Labute approximate surface area is 188 Å². The molecule has 2 aromatic carbocycles. The molecule has 8 heteroatoms.